The number of amidine groups is 1. The van der Waals surface area contributed by atoms with Crippen LogP contribution in [-0.4, -0.2) is 34.3 Å². The van der Waals surface area contributed by atoms with Crippen molar-refractivity contribution < 1.29 is 19.7 Å². The number of carbonyl (C=O) groups excluding carboxylic acids is 1. The number of carbonyl (C=O) groups is 1. The molecule has 0 saturated carbocycles. The zero-order valence-corrected chi connectivity index (χ0v) is 22.0. The number of ether oxygens (including phenoxy) is 1. The van der Waals surface area contributed by atoms with Crippen LogP contribution in [0.4, 0.5) is 0 Å². The Labute approximate surface area is 224 Å². The third kappa shape index (κ3) is 6.57. The number of phenolic OH excluding ortho intramolecular Hbond substituents is 2. The van der Waals surface area contributed by atoms with E-state index >= 15 is 0 Å². The van der Waals surface area contributed by atoms with Gasteiger partial charge in [-0.1, -0.05) is 62.6 Å². The Morgan fingerprint density at radius 3 is 2.26 bits per heavy atom. The number of hydrogen-bond acceptors (Lipinski definition) is 6. The first-order chi connectivity index (χ1) is 18.5. The Morgan fingerprint density at radius 2 is 1.55 bits per heavy atom. The molecule has 196 valence electrons. The van der Waals surface area contributed by atoms with Crippen LogP contribution in [0.5, 0.6) is 11.5 Å². The SMILES string of the molecule is CCCCCCOC(=O)c1cccc(C2=N/C(c3ccccc3O)=C(\C)CCC(c3ccccc3O)=N2)c1. The Bertz CT molecular complexity index is 1390. The minimum absolute atomic E-state index is 0.135. The van der Waals surface area contributed by atoms with Gasteiger partial charge in [-0.2, -0.15) is 0 Å². The van der Waals surface area contributed by atoms with Gasteiger partial charge in [0.1, 0.15) is 11.5 Å². The molecule has 0 spiro atoms. The highest BCUT2D eigenvalue weighted by atomic mass is 16.5. The number of unbranched alkanes of at least 4 members (excludes halogenated alkanes) is 3. The van der Waals surface area contributed by atoms with Crippen molar-refractivity contribution in [2.24, 2.45) is 9.98 Å². The van der Waals surface area contributed by atoms with E-state index in [0.717, 1.165) is 31.3 Å². The second kappa shape index (κ2) is 12.9. The summed E-state index contributed by atoms with van der Waals surface area (Å²) < 4.78 is 5.50. The molecule has 0 bridgehead atoms. The van der Waals surface area contributed by atoms with E-state index in [2.05, 4.69) is 6.92 Å². The molecule has 1 heterocycles. The van der Waals surface area contributed by atoms with Crippen molar-refractivity contribution in [2.75, 3.05) is 6.61 Å². The number of rotatable bonds is 9. The molecule has 0 radical (unpaired) electrons. The van der Waals surface area contributed by atoms with Crippen molar-refractivity contribution in [1.82, 2.24) is 0 Å². The van der Waals surface area contributed by atoms with Crippen LogP contribution >= 0.6 is 0 Å². The molecule has 38 heavy (non-hydrogen) atoms. The van der Waals surface area contributed by atoms with Gasteiger partial charge in [-0.25, -0.2) is 14.8 Å². The first-order valence-electron chi connectivity index (χ1n) is 13.2. The fourth-order valence-corrected chi connectivity index (χ4v) is 4.40. The summed E-state index contributed by atoms with van der Waals surface area (Å²) in [5.74, 6) is 0.287. The van der Waals surface area contributed by atoms with Crippen molar-refractivity contribution in [3.8, 4) is 11.5 Å². The molecular weight excluding hydrogens is 476 g/mol. The average Bonchev–Trinajstić information content (AvgIpc) is 2.92. The fraction of sp³-hybridized carbons (Fsp3) is 0.281. The maximum atomic E-state index is 12.8. The van der Waals surface area contributed by atoms with Gasteiger partial charge < -0.3 is 14.9 Å². The molecule has 3 aromatic rings. The van der Waals surface area contributed by atoms with Crippen molar-refractivity contribution in [3.05, 3.63) is 101 Å². The molecule has 0 atom stereocenters. The molecular formula is C32H34N2O4. The number of allylic oxidation sites excluding steroid dienone is 1. The lowest BCUT2D eigenvalue weighted by Crippen LogP contribution is -2.12. The predicted octanol–water partition coefficient (Wildman–Crippen LogP) is 7.30. The van der Waals surface area contributed by atoms with Crippen molar-refractivity contribution >= 4 is 23.2 Å². The topological polar surface area (TPSA) is 91.5 Å². The standard InChI is InChI=1S/C32H34N2O4/c1-3-4-5-10-20-38-32(37)24-13-11-12-23(21-24)31-33-27(25-14-6-8-16-28(25)35)19-18-22(2)30(34-31)26-15-7-9-17-29(26)36/h6-9,11-17,21,35-36H,3-5,10,18-20H2,1-2H3/b30-22+,33-27?,34-31?. The quantitative estimate of drug-likeness (QED) is 0.233. The molecule has 0 aromatic heterocycles. The Hall–Kier alpha value is -4.19. The summed E-state index contributed by atoms with van der Waals surface area (Å²) in [4.78, 5) is 22.6. The van der Waals surface area contributed by atoms with E-state index in [4.69, 9.17) is 14.7 Å². The number of aliphatic imine (C=N–C) groups is 2. The van der Waals surface area contributed by atoms with E-state index < -0.39 is 0 Å². The molecule has 4 rings (SSSR count). The van der Waals surface area contributed by atoms with Crippen molar-refractivity contribution in [2.45, 2.75) is 52.4 Å². The van der Waals surface area contributed by atoms with Gasteiger partial charge >= 0.3 is 5.97 Å². The molecule has 6 heteroatoms. The minimum atomic E-state index is -0.382. The molecule has 3 aromatic carbocycles. The van der Waals surface area contributed by atoms with Crippen LogP contribution in [-0.2, 0) is 4.74 Å². The van der Waals surface area contributed by atoms with Crippen LogP contribution in [0.25, 0.3) is 5.70 Å². The zero-order valence-electron chi connectivity index (χ0n) is 22.0. The van der Waals surface area contributed by atoms with E-state index in [0.29, 0.717) is 58.9 Å². The third-order valence-corrected chi connectivity index (χ3v) is 6.56. The van der Waals surface area contributed by atoms with Gasteiger partial charge in [0.15, 0.2) is 5.84 Å². The number of phenols is 2. The van der Waals surface area contributed by atoms with Gasteiger partial charge in [0.25, 0.3) is 0 Å². The molecule has 0 unspecified atom stereocenters. The minimum Gasteiger partial charge on any atom is -0.507 e. The summed E-state index contributed by atoms with van der Waals surface area (Å²) in [5.41, 5.74) is 4.64. The average molecular weight is 511 g/mol. The maximum absolute atomic E-state index is 12.8. The molecule has 1 aliphatic rings. The largest absolute Gasteiger partial charge is 0.507 e. The first kappa shape index (κ1) is 26.9. The van der Waals surface area contributed by atoms with Gasteiger partial charge in [0.2, 0.25) is 0 Å². The maximum Gasteiger partial charge on any atom is 0.338 e. The van der Waals surface area contributed by atoms with Crippen molar-refractivity contribution in [3.63, 3.8) is 0 Å². The molecule has 2 N–H and O–H groups in total. The highest BCUT2D eigenvalue weighted by Crippen LogP contribution is 2.33. The number of para-hydroxylation sites is 2. The molecule has 0 aliphatic carbocycles. The fourth-order valence-electron chi connectivity index (χ4n) is 4.40. The lowest BCUT2D eigenvalue weighted by molar-refractivity contribution is 0.0497. The summed E-state index contributed by atoms with van der Waals surface area (Å²) in [6, 6.07) is 21.3. The van der Waals surface area contributed by atoms with Gasteiger partial charge in [-0.3, -0.25) is 0 Å². The van der Waals surface area contributed by atoms with Crippen LogP contribution in [0, 0.1) is 0 Å². The number of hydrogen-bond donors (Lipinski definition) is 2. The highest BCUT2D eigenvalue weighted by molar-refractivity contribution is 6.15. The monoisotopic (exact) mass is 510 g/mol. The van der Waals surface area contributed by atoms with Gasteiger partial charge in [0.05, 0.1) is 23.6 Å². The smallest absolute Gasteiger partial charge is 0.338 e. The van der Waals surface area contributed by atoms with E-state index in [-0.39, 0.29) is 17.5 Å². The van der Waals surface area contributed by atoms with E-state index in [1.54, 1.807) is 42.5 Å². The second-order valence-corrected chi connectivity index (χ2v) is 9.43. The Kier molecular flexibility index (Phi) is 9.09. The zero-order chi connectivity index (χ0) is 26.9. The number of nitrogens with zero attached hydrogens (tertiary/aromatic N) is 2. The first-order valence-corrected chi connectivity index (χ1v) is 13.2. The molecule has 0 fully saturated rings. The predicted molar refractivity (Wildman–Crippen MR) is 152 cm³/mol. The van der Waals surface area contributed by atoms with Crippen molar-refractivity contribution in [1.29, 1.82) is 0 Å². The van der Waals surface area contributed by atoms with Crippen LogP contribution in [0.3, 0.4) is 0 Å². The number of esters is 1. The van der Waals surface area contributed by atoms with E-state index in [1.807, 2.05) is 37.3 Å². The second-order valence-electron chi connectivity index (χ2n) is 9.43. The summed E-state index contributed by atoms with van der Waals surface area (Å²) >= 11 is 0. The summed E-state index contributed by atoms with van der Waals surface area (Å²) in [6.07, 6.45) is 5.34. The number of benzene rings is 3. The molecule has 0 amide bonds. The Morgan fingerprint density at radius 1 is 0.842 bits per heavy atom. The van der Waals surface area contributed by atoms with Gasteiger partial charge in [0, 0.05) is 16.7 Å². The molecule has 1 aliphatic heterocycles. The third-order valence-electron chi connectivity index (χ3n) is 6.56. The lowest BCUT2D eigenvalue weighted by atomic mass is 9.97. The number of aromatic hydroxyl groups is 2. The highest BCUT2D eigenvalue weighted by Gasteiger charge is 2.19. The molecule has 0 saturated heterocycles. The molecule has 6 nitrogen and oxygen atoms in total. The van der Waals surface area contributed by atoms with Gasteiger partial charge in [-0.15, -0.1) is 0 Å². The van der Waals surface area contributed by atoms with E-state index in [9.17, 15) is 15.0 Å². The summed E-state index contributed by atoms with van der Waals surface area (Å²) in [5, 5.41) is 21.1. The van der Waals surface area contributed by atoms with Crippen LogP contribution in [0.2, 0.25) is 0 Å². The summed E-state index contributed by atoms with van der Waals surface area (Å²) in [6.45, 7) is 4.52. The van der Waals surface area contributed by atoms with Crippen LogP contribution in [0.1, 0.15) is 79.4 Å². The Balaban J connectivity index is 1.76. The lowest BCUT2D eigenvalue weighted by Gasteiger charge is -2.17. The van der Waals surface area contributed by atoms with Crippen LogP contribution in [0.15, 0.2) is 88.4 Å². The van der Waals surface area contributed by atoms with E-state index in [1.165, 1.54) is 0 Å². The van der Waals surface area contributed by atoms with Crippen LogP contribution < -0.4 is 0 Å². The normalized spacial score (nSPS) is 15.7. The van der Waals surface area contributed by atoms with Gasteiger partial charge in [-0.05, 0) is 68.2 Å². The summed E-state index contributed by atoms with van der Waals surface area (Å²) in [7, 11) is 0.